The van der Waals surface area contributed by atoms with Gasteiger partial charge in [-0.1, -0.05) is 19.3 Å². The van der Waals surface area contributed by atoms with E-state index in [9.17, 15) is 14.4 Å². The average Bonchev–Trinajstić information content (AvgIpc) is 3.52. The number of aromatic amines is 1. The molecule has 0 unspecified atom stereocenters. The van der Waals surface area contributed by atoms with Crippen molar-refractivity contribution in [2.75, 3.05) is 6.54 Å². The smallest absolute Gasteiger partial charge is 0.257 e. The van der Waals surface area contributed by atoms with Gasteiger partial charge in [-0.2, -0.15) is 5.10 Å². The largest absolute Gasteiger partial charge is 0.352 e. The van der Waals surface area contributed by atoms with Crippen molar-refractivity contribution in [2.24, 2.45) is 5.92 Å². The average molecular weight is 426 g/mol. The zero-order valence-electron chi connectivity index (χ0n) is 18.1. The molecule has 8 heteroatoms. The van der Waals surface area contributed by atoms with Crippen LogP contribution in [-0.4, -0.2) is 33.1 Å². The molecule has 2 saturated carbocycles. The predicted octanol–water partition coefficient (Wildman–Crippen LogP) is 2.71. The lowest BCUT2D eigenvalue weighted by molar-refractivity contribution is 0.0948. The molecule has 0 aliphatic heterocycles. The van der Waals surface area contributed by atoms with Gasteiger partial charge in [0.1, 0.15) is 11.1 Å². The standard InChI is InChI=1S/C23H31N5O3/c1-2-24-22(30)18-13-28(12-15-6-4-3-5-7-15)14-19(21(18)29)23(31)25-11-17-10-20(27-26-17)16-8-9-16/h10,13-16H,2-9,11-12H2,1H3,(H,24,30)(H,25,31)(H,26,27). The number of nitrogens with zero attached hydrogens (tertiary/aromatic N) is 2. The van der Waals surface area contributed by atoms with E-state index < -0.39 is 17.2 Å². The molecule has 0 radical (unpaired) electrons. The van der Waals surface area contributed by atoms with Gasteiger partial charge in [0.05, 0.1) is 17.9 Å². The molecule has 166 valence electrons. The number of aromatic nitrogens is 3. The summed E-state index contributed by atoms with van der Waals surface area (Å²) < 4.78 is 1.85. The Bertz CT molecular complexity index is 999. The van der Waals surface area contributed by atoms with E-state index in [1.165, 1.54) is 19.3 Å². The maximum Gasteiger partial charge on any atom is 0.257 e. The fourth-order valence-electron chi connectivity index (χ4n) is 4.31. The molecule has 2 amide bonds. The molecular weight excluding hydrogens is 394 g/mol. The molecule has 0 saturated heterocycles. The Kier molecular flexibility index (Phi) is 6.53. The molecule has 2 aliphatic rings. The first-order chi connectivity index (χ1) is 15.0. The highest BCUT2D eigenvalue weighted by atomic mass is 16.2. The van der Waals surface area contributed by atoms with Crippen LogP contribution < -0.4 is 16.1 Å². The zero-order chi connectivity index (χ0) is 21.8. The van der Waals surface area contributed by atoms with Crippen LogP contribution in [-0.2, 0) is 13.1 Å². The Morgan fingerprint density at radius 3 is 2.39 bits per heavy atom. The molecule has 2 heterocycles. The Morgan fingerprint density at radius 2 is 1.74 bits per heavy atom. The minimum absolute atomic E-state index is 0.00138. The molecule has 2 aromatic heterocycles. The van der Waals surface area contributed by atoms with Gasteiger partial charge in [0.25, 0.3) is 11.8 Å². The molecule has 3 N–H and O–H groups in total. The van der Waals surface area contributed by atoms with Gasteiger partial charge in [0.15, 0.2) is 0 Å². The van der Waals surface area contributed by atoms with Crippen molar-refractivity contribution in [3.05, 3.63) is 51.2 Å². The first kappa shape index (κ1) is 21.3. The number of nitrogens with one attached hydrogen (secondary N) is 3. The van der Waals surface area contributed by atoms with Crippen LogP contribution in [0, 0.1) is 5.92 Å². The van der Waals surface area contributed by atoms with Crippen LogP contribution in [0.15, 0.2) is 23.3 Å². The van der Waals surface area contributed by atoms with Crippen molar-refractivity contribution >= 4 is 11.8 Å². The first-order valence-electron chi connectivity index (χ1n) is 11.4. The van der Waals surface area contributed by atoms with E-state index in [2.05, 4.69) is 20.8 Å². The van der Waals surface area contributed by atoms with Crippen molar-refractivity contribution in [3.63, 3.8) is 0 Å². The molecule has 2 aliphatic carbocycles. The third-order valence-corrected chi connectivity index (χ3v) is 6.19. The Morgan fingerprint density at radius 1 is 1.06 bits per heavy atom. The van der Waals surface area contributed by atoms with Crippen LogP contribution >= 0.6 is 0 Å². The van der Waals surface area contributed by atoms with E-state index in [1.54, 1.807) is 19.3 Å². The second-order valence-electron chi connectivity index (χ2n) is 8.75. The van der Waals surface area contributed by atoms with Crippen molar-refractivity contribution in [3.8, 4) is 0 Å². The minimum Gasteiger partial charge on any atom is -0.352 e. The second kappa shape index (κ2) is 9.49. The number of carbonyl (C=O) groups excluding carboxylic acids is 2. The van der Waals surface area contributed by atoms with E-state index >= 15 is 0 Å². The number of carbonyl (C=O) groups is 2. The maximum absolute atomic E-state index is 12.9. The highest BCUT2D eigenvalue weighted by molar-refractivity contribution is 5.99. The lowest BCUT2D eigenvalue weighted by Crippen LogP contribution is -2.35. The van der Waals surface area contributed by atoms with E-state index in [0.717, 1.165) is 37.1 Å². The molecule has 4 rings (SSSR count). The molecule has 0 atom stereocenters. The van der Waals surface area contributed by atoms with Crippen LogP contribution in [0.2, 0.25) is 0 Å². The number of pyridine rings is 1. The number of hydrogen-bond donors (Lipinski definition) is 3. The van der Waals surface area contributed by atoms with Crippen molar-refractivity contribution in [1.82, 2.24) is 25.4 Å². The van der Waals surface area contributed by atoms with Crippen molar-refractivity contribution in [1.29, 1.82) is 0 Å². The van der Waals surface area contributed by atoms with Crippen LogP contribution in [0.3, 0.4) is 0 Å². The fraction of sp³-hybridized carbons (Fsp3) is 0.565. The second-order valence-corrected chi connectivity index (χ2v) is 8.75. The van der Waals surface area contributed by atoms with Crippen LogP contribution in [0.4, 0.5) is 0 Å². The van der Waals surface area contributed by atoms with E-state index in [4.69, 9.17) is 0 Å². The quantitative estimate of drug-likeness (QED) is 0.604. The molecule has 31 heavy (non-hydrogen) atoms. The maximum atomic E-state index is 12.9. The van der Waals surface area contributed by atoms with Gasteiger partial charge >= 0.3 is 0 Å². The van der Waals surface area contributed by atoms with Gasteiger partial charge in [0, 0.05) is 31.4 Å². The molecule has 2 fully saturated rings. The SMILES string of the molecule is CCNC(=O)c1cn(CC2CCCCC2)cc(C(=O)NCc2cc(C3CC3)n[nH]2)c1=O. The minimum atomic E-state index is -0.536. The Hall–Kier alpha value is -2.90. The molecule has 0 aromatic carbocycles. The summed E-state index contributed by atoms with van der Waals surface area (Å²) in [7, 11) is 0. The summed E-state index contributed by atoms with van der Waals surface area (Å²) in [6.45, 7) is 3.18. The van der Waals surface area contributed by atoms with Gasteiger partial charge in [0.2, 0.25) is 5.43 Å². The molecule has 0 spiro atoms. The summed E-state index contributed by atoms with van der Waals surface area (Å²) >= 11 is 0. The van der Waals surface area contributed by atoms with Gasteiger partial charge in [-0.3, -0.25) is 19.5 Å². The monoisotopic (exact) mass is 425 g/mol. The summed E-state index contributed by atoms with van der Waals surface area (Å²) in [6.07, 6.45) is 11.4. The first-order valence-corrected chi connectivity index (χ1v) is 11.4. The fourth-order valence-corrected chi connectivity index (χ4v) is 4.31. The molecule has 8 nitrogen and oxygen atoms in total. The van der Waals surface area contributed by atoms with Gasteiger partial charge in [-0.05, 0) is 44.6 Å². The zero-order valence-corrected chi connectivity index (χ0v) is 18.1. The van der Waals surface area contributed by atoms with Crippen molar-refractivity contribution in [2.45, 2.75) is 70.9 Å². The van der Waals surface area contributed by atoms with Crippen molar-refractivity contribution < 1.29 is 9.59 Å². The van der Waals surface area contributed by atoms with Crippen LogP contribution in [0.25, 0.3) is 0 Å². The molecule has 0 bridgehead atoms. The lowest BCUT2D eigenvalue weighted by atomic mass is 9.89. The predicted molar refractivity (Wildman–Crippen MR) is 117 cm³/mol. The third kappa shape index (κ3) is 5.24. The van der Waals surface area contributed by atoms with Crippen LogP contribution in [0.1, 0.15) is 89.9 Å². The molecular formula is C23H31N5O3. The highest BCUT2D eigenvalue weighted by Crippen LogP contribution is 2.38. The van der Waals surface area contributed by atoms with Crippen LogP contribution in [0.5, 0.6) is 0 Å². The van der Waals surface area contributed by atoms with Gasteiger partial charge < -0.3 is 15.2 Å². The summed E-state index contributed by atoms with van der Waals surface area (Å²) in [4.78, 5) is 38.3. The summed E-state index contributed by atoms with van der Waals surface area (Å²) in [5.74, 6) is 0.111. The van der Waals surface area contributed by atoms with Gasteiger partial charge in [-0.15, -0.1) is 0 Å². The molecule has 2 aromatic rings. The Balaban J connectivity index is 1.53. The number of hydrogen-bond acceptors (Lipinski definition) is 4. The third-order valence-electron chi connectivity index (χ3n) is 6.19. The number of amides is 2. The van der Waals surface area contributed by atoms with E-state index in [1.807, 2.05) is 10.6 Å². The van der Waals surface area contributed by atoms with E-state index in [0.29, 0.717) is 24.9 Å². The summed E-state index contributed by atoms with van der Waals surface area (Å²) in [6, 6.07) is 1.96. The van der Waals surface area contributed by atoms with Gasteiger partial charge in [-0.25, -0.2) is 0 Å². The summed E-state index contributed by atoms with van der Waals surface area (Å²) in [5, 5.41) is 12.7. The lowest BCUT2D eigenvalue weighted by Gasteiger charge is -2.23. The number of rotatable bonds is 8. The van der Waals surface area contributed by atoms with E-state index in [-0.39, 0.29) is 17.7 Å². The summed E-state index contributed by atoms with van der Waals surface area (Å²) in [5.41, 5.74) is 1.31. The number of H-pyrrole nitrogens is 1. The highest BCUT2D eigenvalue weighted by Gasteiger charge is 2.26. The normalized spacial score (nSPS) is 16.8. The Labute approximate surface area is 181 Å². The topological polar surface area (TPSA) is 109 Å².